The van der Waals surface area contributed by atoms with E-state index in [0.29, 0.717) is 12.1 Å². The van der Waals surface area contributed by atoms with Crippen molar-refractivity contribution in [1.82, 2.24) is 0 Å². The molecule has 2 aromatic carbocycles. The number of benzene rings is 2. The molecule has 2 aromatic rings. The molecule has 0 atom stereocenters. The fourth-order valence-electron chi connectivity index (χ4n) is 1.68. The molecule has 2 rings (SSSR count). The van der Waals surface area contributed by atoms with E-state index in [1.54, 1.807) is 4.72 Å². The highest BCUT2D eigenvalue weighted by Gasteiger charge is 2.24. The normalized spacial score (nSPS) is 11.3. The Bertz CT molecular complexity index is 899. The number of aromatic carboxylic acids is 1. The van der Waals surface area contributed by atoms with Crippen molar-refractivity contribution in [3.63, 3.8) is 0 Å². The van der Waals surface area contributed by atoms with E-state index >= 15 is 0 Å². The summed E-state index contributed by atoms with van der Waals surface area (Å²) in [6.07, 6.45) is 0. The number of carbonyl (C=O) groups is 1. The molecule has 0 fully saturated rings. The van der Waals surface area contributed by atoms with Gasteiger partial charge in [0.2, 0.25) is 0 Å². The molecule has 0 heterocycles. The number of carboxylic acids is 1. The Balaban J connectivity index is 2.51. The molecular formula is C13H7F4NO4S. The van der Waals surface area contributed by atoms with Crippen LogP contribution in [0.2, 0.25) is 0 Å². The molecule has 0 amide bonds. The Morgan fingerprint density at radius 1 is 1.00 bits per heavy atom. The summed E-state index contributed by atoms with van der Waals surface area (Å²) in [7, 11) is -4.76. The molecule has 10 heteroatoms. The van der Waals surface area contributed by atoms with Crippen molar-refractivity contribution in [2.75, 3.05) is 4.72 Å². The van der Waals surface area contributed by atoms with E-state index in [2.05, 4.69) is 0 Å². The van der Waals surface area contributed by atoms with Crippen molar-refractivity contribution in [3.05, 3.63) is 59.2 Å². The van der Waals surface area contributed by atoms with Gasteiger partial charge in [-0.1, -0.05) is 6.07 Å². The molecule has 5 nitrogen and oxygen atoms in total. The lowest BCUT2D eigenvalue weighted by Crippen LogP contribution is -2.17. The lowest BCUT2D eigenvalue weighted by Gasteiger charge is -2.11. The number of nitrogens with one attached hydrogen (secondary N) is 1. The molecule has 0 spiro atoms. The average molecular weight is 349 g/mol. The fourth-order valence-corrected chi connectivity index (χ4v) is 2.83. The molecular weight excluding hydrogens is 342 g/mol. The highest BCUT2D eigenvalue weighted by molar-refractivity contribution is 7.92. The second-order valence-corrected chi connectivity index (χ2v) is 5.93. The van der Waals surface area contributed by atoms with Gasteiger partial charge in [0, 0.05) is 6.07 Å². The summed E-state index contributed by atoms with van der Waals surface area (Å²) < 4.78 is 78.9. The van der Waals surface area contributed by atoms with Crippen LogP contribution in [0, 0.1) is 23.3 Å². The maximum atomic E-state index is 13.6. The quantitative estimate of drug-likeness (QED) is 0.832. The predicted octanol–water partition coefficient (Wildman–Crippen LogP) is 2.74. The Labute approximate surface area is 127 Å². The smallest absolute Gasteiger partial charge is 0.338 e. The van der Waals surface area contributed by atoms with E-state index in [-0.39, 0.29) is 6.07 Å². The van der Waals surface area contributed by atoms with Gasteiger partial charge in [-0.25, -0.2) is 30.8 Å². The molecule has 0 unspecified atom stereocenters. The minimum absolute atomic E-state index is 0.156. The van der Waals surface area contributed by atoms with Crippen LogP contribution >= 0.6 is 0 Å². The first-order valence-corrected chi connectivity index (χ1v) is 7.31. The fraction of sp³-hybridized carbons (Fsp3) is 0. The van der Waals surface area contributed by atoms with Crippen LogP contribution in [-0.2, 0) is 10.0 Å². The number of anilines is 1. The summed E-state index contributed by atoms with van der Waals surface area (Å²) in [4.78, 5) is 9.66. The van der Waals surface area contributed by atoms with Gasteiger partial charge in [-0.2, -0.15) is 0 Å². The topological polar surface area (TPSA) is 83.5 Å². The minimum atomic E-state index is -4.76. The van der Waals surface area contributed by atoms with Gasteiger partial charge < -0.3 is 5.11 Å². The number of rotatable bonds is 4. The van der Waals surface area contributed by atoms with Crippen molar-refractivity contribution in [3.8, 4) is 0 Å². The standard InChI is InChI=1S/C13H7F4NO4S/c14-7-2-1-3-11(12(7)17)23(21,22)18-10-4-6(13(19)20)8(15)5-9(10)16/h1-5,18H,(H,19,20). The first kappa shape index (κ1) is 16.7. The summed E-state index contributed by atoms with van der Waals surface area (Å²) in [6, 6.07) is 2.86. The van der Waals surface area contributed by atoms with Crippen LogP contribution in [0.4, 0.5) is 23.2 Å². The second-order valence-electron chi connectivity index (χ2n) is 4.27. The van der Waals surface area contributed by atoms with E-state index < -0.39 is 55.4 Å². The lowest BCUT2D eigenvalue weighted by molar-refractivity contribution is 0.0692. The molecule has 122 valence electrons. The van der Waals surface area contributed by atoms with E-state index in [4.69, 9.17) is 5.11 Å². The largest absolute Gasteiger partial charge is 0.478 e. The highest BCUT2D eigenvalue weighted by atomic mass is 32.2. The maximum Gasteiger partial charge on any atom is 0.338 e. The zero-order valence-corrected chi connectivity index (χ0v) is 11.8. The zero-order valence-electron chi connectivity index (χ0n) is 11.0. The Hall–Kier alpha value is -2.62. The van der Waals surface area contributed by atoms with Crippen LogP contribution < -0.4 is 4.72 Å². The van der Waals surface area contributed by atoms with Crippen molar-refractivity contribution in [2.24, 2.45) is 0 Å². The van der Waals surface area contributed by atoms with Gasteiger partial charge in [0.25, 0.3) is 10.0 Å². The molecule has 0 aliphatic rings. The maximum absolute atomic E-state index is 13.6. The van der Waals surface area contributed by atoms with Gasteiger partial charge in [0.1, 0.15) is 16.5 Å². The van der Waals surface area contributed by atoms with Crippen LogP contribution in [0.25, 0.3) is 0 Å². The monoisotopic (exact) mass is 349 g/mol. The summed E-state index contributed by atoms with van der Waals surface area (Å²) >= 11 is 0. The van der Waals surface area contributed by atoms with E-state index in [9.17, 15) is 30.8 Å². The van der Waals surface area contributed by atoms with Gasteiger partial charge in [-0.05, 0) is 18.2 Å². The zero-order chi connectivity index (χ0) is 17.4. The van der Waals surface area contributed by atoms with Gasteiger partial charge in [0.05, 0.1) is 11.3 Å². The molecule has 0 aliphatic heterocycles. The molecule has 2 N–H and O–H groups in total. The third kappa shape index (κ3) is 3.26. The molecule has 0 bridgehead atoms. The molecule has 0 aliphatic carbocycles. The minimum Gasteiger partial charge on any atom is -0.478 e. The average Bonchev–Trinajstić information content (AvgIpc) is 2.44. The summed E-state index contributed by atoms with van der Waals surface area (Å²) in [6.45, 7) is 0. The van der Waals surface area contributed by atoms with Crippen molar-refractivity contribution in [1.29, 1.82) is 0 Å². The van der Waals surface area contributed by atoms with Gasteiger partial charge >= 0.3 is 5.97 Å². The van der Waals surface area contributed by atoms with Crippen LogP contribution in [-0.4, -0.2) is 19.5 Å². The van der Waals surface area contributed by atoms with Crippen LogP contribution in [0.15, 0.2) is 35.2 Å². The first-order valence-electron chi connectivity index (χ1n) is 5.82. The SMILES string of the molecule is O=C(O)c1cc(NS(=O)(=O)c2cccc(F)c2F)c(F)cc1F. The van der Waals surface area contributed by atoms with E-state index in [1.807, 2.05) is 0 Å². The van der Waals surface area contributed by atoms with Gasteiger partial charge in [-0.15, -0.1) is 0 Å². The molecule has 0 saturated carbocycles. The number of halogens is 4. The third-order valence-electron chi connectivity index (χ3n) is 2.74. The predicted molar refractivity (Wildman–Crippen MR) is 70.5 cm³/mol. The highest BCUT2D eigenvalue weighted by Crippen LogP contribution is 2.24. The van der Waals surface area contributed by atoms with Crippen LogP contribution in [0.5, 0.6) is 0 Å². The Kier molecular flexibility index (Phi) is 4.28. The second kappa shape index (κ2) is 5.88. The van der Waals surface area contributed by atoms with E-state index in [0.717, 1.165) is 12.1 Å². The van der Waals surface area contributed by atoms with Crippen LogP contribution in [0.1, 0.15) is 10.4 Å². The summed E-state index contributed by atoms with van der Waals surface area (Å²) in [5.74, 6) is -7.75. The molecule has 23 heavy (non-hydrogen) atoms. The third-order valence-corrected chi connectivity index (χ3v) is 4.12. The number of hydrogen-bond donors (Lipinski definition) is 2. The molecule has 0 saturated heterocycles. The summed E-state index contributed by atoms with van der Waals surface area (Å²) in [5.41, 5.74) is -1.92. The van der Waals surface area contributed by atoms with Crippen molar-refractivity contribution >= 4 is 21.7 Å². The first-order chi connectivity index (χ1) is 10.6. The van der Waals surface area contributed by atoms with Gasteiger partial charge in [-0.3, -0.25) is 4.72 Å². The lowest BCUT2D eigenvalue weighted by atomic mass is 10.2. The van der Waals surface area contributed by atoms with Crippen molar-refractivity contribution in [2.45, 2.75) is 4.90 Å². The number of carboxylic acid groups (broad SMARTS) is 1. The number of hydrogen-bond acceptors (Lipinski definition) is 3. The Morgan fingerprint density at radius 2 is 1.65 bits per heavy atom. The van der Waals surface area contributed by atoms with Crippen LogP contribution in [0.3, 0.4) is 0 Å². The molecule has 0 radical (unpaired) electrons. The summed E-state index contributed by atoms with van der Waals surface area (Å²) in [5, 5.41) is 8.73. The van der Waals surface area contributed by atoms with Crippen molar-refractivity contribution < 1.29 is 35.9 Å². The number of sulfonamides is 1. The van der Waals surface area contributed by atoms with Gasteiger partial charge in [0.15, 0.2) is 11.6 Å². The Morgan fingerprint density at radius 3 is 2.26 bits per heavy atom. The molecule has 0 aromatic heterocycles. The van der Waals surface area contributed by atoms with E-state index in [1.165, 1.54) is 0 Å².